The molecule has 0 amide bonds. The maximum Gasteiger partial charge on any atom is 0.472 e. The quantitative estimate of drug-likeness (QED) is 0.0222. The maximum absolute atomic E-state index is 13.1. The molecular weight excluding hydrogens is 1230 g/mol. The van der Waals surface area contributed by atoms with E-state index in [1.54, 1.807) is 0 Å². The second-order valence-electron chi connectivity index (χ2n) is 28.2. The Morgan fingerprint density at radius 3 is 0.809 bits per heavy atom. The lowest BCUT2D eigenvalue weighted by atomic mass is 9.99. The van der Waals surface area contributed by atoms with Crippen LogP contribution < -0.4 is 0 Å². The van der Waals surface area contributed by atoms with Gasteiger partial charge in [-0.1, -0.05) is 331 Å². The van der Waals surface area contributed by atoms with Crippen LogP contribution in [0.15, 0.2) is 0 Å². The lowest BCUT2D eigenvalue weighted by molar-refractivity contribution is -0.161. The summed E-state index contributed by atoms with van der Waals surface area (Å²) in [4.78, 5) is 72.8. The molecule has 94 heavy (non-hydrogen) atoms. The summed E-state index contributed by atoms with van der Waals surface area (Å²) in [5, 5.41) is 10.6. The molecule has 0 aliphatic heterocycles. The first-order chi connectivity index (χ1) is 45.3. The van der Waals surface area contributed by atoms with Gasteiger partial charge in [0.05, 0.1) is 26.4 Å². The Kier molecular flexibility index (Phi) is 64.3. The van der Waals surface area contributed by atoms with Gasteiger partial charge in [0.15, 0.2) is 12.2 Å². The van der Waals surface area contributed by atoms with E-state index in [-0.39, 0.29) is 25.7 Å². The van der Waals surface area contributed by atoms with Crippen LogP contribution in [-0.2, 0) is 65.4 Å². The first-order valence-corrected chi connectivity index (χ1v) is 41.9. The lowest BCUT2D eigenvalue weighted by Crippen LogP contribution is -2.30. The largest absolute Gasteiger partial charge is 0.472 e. The Bertz CT molecular complexity index is 1840. The van der Waals surface area contributed by atoms with Crippen LogP contribution in [0.2, 0.25) is 0 Å². The molecule has 0 saturated heterocycles. The number of phosphoric ester groups is 2. The molecule has 0 fully saturated rings. The number of carbonyl (C=O) groups is 4. The van der Waals surface area contributed by atoms with Gasteiger partial charge in [-0.2, -0.15) is 0 Å². The van der Waals surface area contributed by atoms with Crippen molar-refractivity contribution < 1.29 is 80.2 Å². The van der Waals surface area contributed by atoms with Crippen LogP contribution in [0, 0.1) is 17.8 Å². The second kappa shape index (κ2) is 65.7. The summed E-state index contributed by atoms with van der Waals surface area (Å²) in [6.07, 6.45) is 51.1. The van der Waals surface area contributed by atoms with E-state index >= 15 is 0 Å². The number of esters is 4. The SMILES string of the molecule is CCCCCCCCCCCCC(=O)OC[C@H](COP(=O)(O)OC[C@H](O)COP(=O)(O)OC[C@@H](COC(=O)CCCCCCCCCCCCCC(C)C)OC(=O)CCCCCCCCCCCCCCCC(C)C)OC(=O)CCCCCCCCCCCCC(C)CC. The molecule has 0 heterocycles. The van der Waals surface area contributed by atoms with Crippen molar-refractivity contribution in [2.75, 3.05) is 39.6 Å². The van der Waals surface area contributed by atoms with Crippen LogP contribution in [0.1, 0.15) is 382 Å². The van der Waals surface area contributed by atoms with Gasteiger partial charge < -0.3 is 33.8 Å². The minimum atomic E-state index is -4.96. The Hall–Kier alpha value is -1.94. The van der Waals surface area contributed by atoms with Crippen molar-refractivity contribution in [3.05, 3.63) is 0 Å². The fraction of sp³-hybridized carbons (Fsp3) is 0.947. The number of aliphatic hydroxyl groups excluding tert-OH is 1. The summed E-state index contributed by atoms with van der Waals surface area (Å²) in [6, 6.07) is 0. The van der Waals surface area contributed by atoms with Gasteiger partial charge >= 0.3 is 39.5 Å². The van der Waals surface area contributed by atoms with Gasteiger partial charge in [0, 0.05) is 25.7 Å². The van der Waals surface area contributed by atoms with E-state index in [1.807, 2.05) is 0 Å². The molecule has 3 unspecified atom stereocenters. The summed E-state index contributed by atoms with van der Waals surface area (Å²) in [5.74, 6) is 0.243. The van der Waals surface area contributed by atoms with E-state index in [0.717, 1.165) is 108 Å². The third-order valence-corrected chi connectivity index (χ3v) is 19.6. The van der Waals surface area contributed by atoms with Crippen molar-refractivity contribution in [1.29, 1.82) is 0 Å². The van der Waals surface area contributed by atoms with Crippen LogP contribution in [0.5, 0.6) is 0 Å². The minimum Gasteiger partial charge on any atom is -0.462 e. The molecule has 0 aromatic carbocycles. The Morgan fingerprint density at radius 1 is 0.309 bits per heavy atom. The van der Waals surface area contributed by atoms with E-state index in [1.165, 1.54) is 193 Å². The van der Waals surface area contributed by atoms with Crippen LogP contribution in [-0.4, -0.2) is 96.7 Å². The van der Waals surface area contributed by atoms with Gasteiger partial charge in [-0.15, -0.1) is 0 Å². The average Bonchev–Trinajstić information content (AvgIpc) is 1.67. The zero-order chi connectivity index (χ0) is 69.4. The number of unbranched alkanes of at least 4 members (excludes halogenated alkanes) is 40. The molecule has 17 nitrogen and oxygen atoms in total. The molecule has 558 valence electrons. The third kappa shape index (κ3) is 67.3. The molecule has 0 aromatic heterocycles. The first kappa shape index (κ1) is 92.1. The highest BCUT2D eigenvalue weighted by molar-refractivity contribution is 7.47. The Balaban J connectivity index is 5.26. The molecule has 19 heteroatoms. The topological polar surface area (TPSA) is 237 Å². The average molecular weight is 1380 g/mol. The zero-order valence-corrected chi connectivity index (χ0v) is 63.2. The number of ether oxygens (including phenoxy) is 4. The molecular formula is C75H146O17P2. The number of rotatable bonds is 73. The summed E-state index contributed by atoms with van der Waals surface area (Å²) >= 11 is 0. The summed E-state index contributed by atoms with van der Waals surface area (Å²) in [7, 11) is -9.91. The molecule has 0 rings (SSSR count). The third-order valence-electron chi connectivity index (χ3n) is 17.7. The number of hydrogen-bond donors (Lipinski definition) is 3. The van der Waals surface area contributed by atoms with E-state index in [9.17, 15) is 43.2 Å². The molecule has 0 bridgehead atoms. The normalized spacial score (nSPS) is 14.4. The van der Waals surface area contributed by atoms with Crippen LogP contribution in [0.3, 0.4) is 0 Å². The van der Waals surface area contributed by atoms with Crippen LogP contribution in [0.25, 0.3) is 0 Å². The number of phosphoric acid groups is 2. The molecule has 0 radical (unpaired) electrons. The van der Waals surface area contributed by atoms with Crippen molar-refractivity contribution in [2.24, 2.45) is 17.8 Å². The van der Waals surface area contributed by atoms with Crippen molar-refractivity contribution in [3.63, 3.8) is 0 Å². The highest BCUT2D eigenvalue weighted by atomic mass is 31.2. The summed E-state index contributed by atoms with van der Waals surface area (Å²) < 4.78 is 68.5. The molecule has 3 N–H and O–H groups in total. The van der Waals surface area contributed by atoms with Crippen molar-refractivity contribution in [2.45, 2.75) is 401 Å². The fourth-order valence-electron chi connectivity index (χ4n) is 11.4. The van der Waals surface area contributed by atoms with E-state index < -0.39 is 97.5 Å². The van der Waals surface area contributed by atoms with Gasteiger partial charge in [-0.05, 0) is 43.4 Å². The molecule has 0 spiro atoms. The smallest absolute Gasteiger partial charge is 0.462 e. The fourth-order valence-corrected chi connectivity index (χ4v) is 13.0. The summed E-state index contributed by atoms with van der Waals surface area (Å²) in [6.45, 7) is 11.9. The molecule has 0 aromatic rings. The van der Waals surface area contributed by atoms with Crippen molar-refractivity contribution in [1.82, 2.24) is 0 Å². The van der Waals surface area contributed by atoms with Crippen molar-refractivity contribution >= 4 is 39.5 Å². The Labute approximate surface area is 575 Å². The highest BCUT2D eigenvalue weighted by Crippen LogP contribution is 2.45. The number of hydrogen-bond acceptors (Lipinski definition) is 15. The van der Waals surface area contributed by atoms with E-state index in [0.29, 0.717) is 25.7 Å². The molecule has 0 aliphatic carbocycles. The van der Waals surface area contributed by atoms with Crippen LogP contribution >= 0.6 is 15.6 Å². The van der Waals surface area contributed by atoms with Crippen molar-refractivity contribution in [3.8, 4) is 0 Å². The van der Waals surface area contributed by atoms with Gasteiger partial charge in [0.2, 0.25) is 0 Å². The van der Waals surface area contributed by atoms with Gasteiger partial charge in [0.1, 0.15) is 19.3 Å². The number of aliphatic hydroxyl groups is 1. The Morgan fingerprint density at radius 2 is 0.543 bits per heavy atom. The minimum absolute atomic E-state index is 0.106. The van der Waals surface area contributed by atoms with Crippen LogP contribution in [0.4, 0.5) is 0 Å². The van der Waals surface area contributed by atoms with Gasteiger partial charge in [-0.3, -0.25) is 37.3 Å². The first-order valence-electron chi connectivity index (χ1n) is 38.9. The van der Waals surface area contributed by atoms with Gasteiger partial charge in [-0.25, -0.2) is 9.13 Å². The molecule has 0 saturated carbocycles. The lowest BCUT2D eigenvalue weighted by Gasteiger charge is -2.21. The second-order valence-corrected chi connectivity index (χ2v) is 31.1. The van der Waals surface area contributed by atoms with Gasteiger partial charge in [0.25, 0.3) is 0 Å². The van der Waals surface area contributed by atoms with E-state index in [4.69, 9.17) is 37.0 Å². The standard InChI is InChI=1S/C75H146O17P2/c1-8-10-11-12-13-14-28-35-42-49-56-72(77)85-62-70(92-75(80)59-52-45-38-31-24-23-27-34-41-48-55-68(7)9-2)64-89-93(81,82)87-60-69(76)61-88-94(83,84)90-65-71(63-86-73(78)57-50-43-36-29-22-18-20-26-33-40-47-54-67(5)6)91-74(79)58-51-44-37-30-21-17-15-16-19-25-32-39-46-53-66(3)4/h66-71,76H,8-65H2,1-7H3,(H,81,82)(H,83,84)/t68?,69-,70+,71+/m0/s1. The maximum atomic E-state index is 13.1. The predicted octanol–water partition coefficient (Wildman–Crippen LogP) is 21.8. The monoisotopic (exact) mass is 1380 g/mol. The zero-order valence-electron chi connectivity index (χ0n) is 61.4. The predicted molar refractivity (Wildman–Crippen MR) is 381 cm³/mol. The highest BCUT2D eigenvalue weighted by Gasteiger charge is 2.30. The number of carbonyl (C=O) groups excluding carboxylic acids is 4. The molecule has 0 aliphatic rings. The van der Waals surface area contributed by atoms with E-state index in [2.05, 4.69) is 48.5 Å². The summed E-state index contributed by atoms with van der Waals surface area (Å²) in [5.41, 5.74) is 0. The molecule has 6 atom stereocenters.